The fourth-order valence-electron chi connectivity index (χ4n) is 4.26. The molecule has 1 heterocycles. The summed E-state index contributed by atoms with van der Waals surface area (Å²) < 4.78 is 83.1. The van der Waals surface area contributed by atoms with Gasteiger partial charge in [0, 0.05) is 16.4 Å². The summed E-state index contributed by atoms with van der Waals surface area (Å²) in [7, 11) is 0. The van der Waals surface area contributed by atoms with Gasteiger partial charge in [0.2, 0.25) is 5.91 Å². The van der Waals surface area contributed by atoms with Crippen LogP contribution in [0.15, 0.2) is 36.4 Å². The number of rotatable bonds is 5. The van der Waals surface area contributed by atoms with E-state index in [-0.39, 0.29) is 17.3 Å². The Morgan fingerprint density at radius 2 is 1.37 bits per heavy atom. The van der Waals surface area contributed by atoms with Gasteiger partial charge in [0.1, 0.15) is 6.54 Å². The summed E-state index contributed by atoms with van der Waals surface area (Å²) >= 11 is 0. The maximum atomic E-state index is 13.6. The largest absolute Gasteiger partial charge is 0.481 e. The maximum Gasteiger partial charge on any atom is 0.416 e. The van der Waals surface area contributed by atoms with Gasteiger partial charge in [-0.2, -0.15) is 26.3 Å². The first kappa shape index (κ1) is 29.1. The zero-order chi connectivity index (χ0) is 29.0. The summed E-state index contributed by atoms with van der Waals surface area (Å²) in [4.78, 5) is 24.7. The lowest BCUT2D eigenvalue weighted by Crippen LogP contribution is -2.42. The van der Waals surface area contributed by atoms with Crippen LogP contribution < -0.4 is 5.32 Å². The van der Waals surface area contributed by atoms with E-state index in [4.69, 9.17) is 0 Å². The van der Waals surface area contributed by atoms with E-state index in [1.807, 2.05) is 0 Å². The van der Waals surface area contributed by atoms with E-state index in [2.05, 4.69) is 5.32 Å². The fraction of sp³-hybridized carbons (Fsp3) is 0.407. The number of halogens is 6. The molecule has 0 aliphatic rings. The summed E-state index contributed by atoms with van der Waals surface area (Å²) in [5, 5.41) is 12.8. The Morgan fingerprint density at radius 3 is 1.82 bits per heavy atom. The molecule has 0 unspecified atom stereocenters. The van der Waals surface area contributed by atoms with Crippen molar-refractivity contribution in [2.24, 2.45) is 0 Å². The van der Waals surface area contributed by atoms with Gasteiger partial charge in [0.25, 0.3) is 0 Å². The number of nitrogens with zero attached hydrogens (tertiary/aromatic N) is 1. The van der Waals surface area contributed by atoms with Gasteiger partial charge in [-0.05, 0) is 88.6 Å². The molecule has 0 atom stereocenters. The normalized spacial score (nSPS) is 13.2. The molecule has 2 aromatic carbocycles. The minimum atomic E-state index is -5.05. The summed E-state index contributed by atoms with van der Waals surface area (Å²) in [6.07, 6.45) is -10.1. The molecule has 206 valence electrons. The second kappa shape index (κ2) is 9.36. The molecule has 3 rings (SSSR count). The Kier molecular flexibility index (Phi) is 7.15. The van der Waals surface area contributed by atoms with Crippen molar-refractivity contribution in [1.29, 1.82) is 0 Å². The van der Waals surface area contributed by atoms with Crippen LogP contribution in [0.25, 0.3) is 22.2 Å². The van der Waals surface area contributed by atoms with E-state index in [1.165, 1.54) is 37.5 Å². The van der Waals surface area contributed by atoms with Gasteiger partial charge in [0.05, 0.1) is 22.2 Å². The lowest BCUT2D eigenvalue weighted by molar-refractivity contribution is -0.144. The number of hydrogen-bond donors (Lipinski definition) is 2. The average Bonchev–Trinajstić information content (AvgIpc) is 3.01. The molecule has 0 saturated heterocycles. The quantitative estimate of drug-likeness (QED) is 0.344. The first-order valence-electron chi connectivity index (χ1n) is 11.6. The van der Waals surface area contributed by atoms with Crippen molar-refractivity contribution in [3.05, 3.63) is 58.7 Å². The number of aromatic nitrogens is 1. The van der Waals surface area contributed by atoms with Crippen LogP contribution in [0.1, 0.15) is 56.9 Å². The van der Waals surface area contributed by atoms with Gasteiger partial charge in [-0.25, -0.2) is 0 Å². The molecule has 0 fully saturated rings. The number of carboxylic acids is 1. The second-order valence-corrected chi connectivity index (χ2v) is 10.8. The van der Waals surface area contributed by atoms with Gasteiger partial charge < -0.3 is 15.0 Å². The van der Waals surface area contributed by atoms with Gasteiger partial charge >= 0.3 is 18.3 Å². The molecule has 0 spiro atoms. The Hall–Kier alpha value is -3.50. The van der Waals surface area contributed by atoms with E-state index < -0.39 is 52.9 Å². The number of nitrogens with one attached hydrogen (secondary N) is 1. The number of carbonyl (C=O) groups excluding carboxylic acids is 1. The van der Waals surface area contributed by atoms with Crippen LogP contribution in [0, 0.1) is 6.92 Å². The third-order valence-electron chi connectivity index (χ3n) is 6.25. The highest BCUT2D eigenvalue weighted by molar-refractivity contribution is 5.95. The van der Waals surface area contributed by atoms with E-state index in [1.54, 1.807) is 26.8 Å². The highest BCUT2D eigenvalue weighted by Gasteiger charge is 2.38. The molecule has 0 aliphatic heterocycles. The van der Waals surface area contributed by atoms with Crippen LogP contribution in [-0.2, 0) is 33.9 Å². The van der Waals surface area contributed by atoms with Crippen molar-refractivity contribution in [3.8, 4) is 11.3 Å². The molecular weight excluding hydrogens is 514 g/mol. The van der Waals surface area contributed by atoms with Crippen LogP contribution in [-0.4, -0.2) is 27.1 Å². The van der Waals surface area contributed by atoms with Crippen LogP contribution >= 0.6 is 0 Å². The zero-order valence-electron chi connectivity index (χ0n) is 21.6. The van der Waals surface area contributed by atoms with Gasteiger partial charge in [0.15, 0.2) is 0 Å². The summed E-state index contributed by atoms with van der Waals surface area (Å²) in [6.45, 7) is 9.26. The number of aliphatic carboxylic acids is 1. The van der Waals surface area contributed by atoms with E-state index in [0.29, 0.717) is 34.2 Å². The summed E-state index contributed by atoms with van der Waals surface area (Å²) in [6, 6.07) is 5.87. The molecular formula is C27H28F6N2O3. The molecule has 0 radical (unpaired) electrons. The maximum absolute atomic E-state index is 13.6. The third-order valence-corrected chi connectivity index (χ3v) is 6.25. The fourth-order valence-corrected chi connectivity index (χ4v) is 4.26. The highest BCUT2D eigenvalue weighted by Crippen LogP contribution is 2.42. The van der Waals surface area contributed by atoms with E-state index >= 15 is 0 Å². The Balaban J connectivity index is 2.39. The van der Waals surface area contributed by atoms with Crippen molar-refractivity contribution in [2.45, 2.75) is 71.4 Å². The van der Waals surface area contributed by atoms with Crippen LogP contribution in [0.2, 0.25) is 0 Å². The smallest absolute Gasteiger partial charge is 0.416 e. The number of fused-ring (bicyclic) bond motifs is 1. The van der Waals surface area contributed by atoms with Crippen molar-refractivity contribution in [1.82, 2.24) is 9.88 Å². The number of hydrogen-bond acceptors (Lipinski definition) is 2. The number of carbonyl (C=O) groups is 2. The number of benzene rings is 2. The molecule has 1 amide bonds. The molecule has 0 saturated carbocycles. The molecule has 38 heavy (non-hydrogen) atoms. The van der Waals surface area contributed by atoms with Crippen LogP contribution in [0.4, 0.5) is 26.3 Å². The van der Waals surface area contributed by atoms with Gasteiger partial charge in [-0.1, -0.05) is 6.07 Å². The Labute approximate surface area is 215 Å². The number of amides is 1. The minimum absolute atomic E-state index is 0.00839. The molecule has 0 bridgehead atoms. The van der Waals surface area contributed by atoms with Crippen molar-refractivity contribution >= 4 is 22.8 Å². The first-order valence-corrected chi connectivity index (χ1v) is 11.6. The Morgan fingerprint density at radius 1 is 0.842 bits per heavy atom. The predicted molar refractivity (Wildman–Crippen MR) is 131 cm³/mol. The molecule has 3 aromatic rings. The summed E-state index contributed by atoms with van der Waals surface area (Å²) in [5.41, 5.74) is -4.27. The van der Waals surface area contributed by atoms with Crippen molar-refractivity contribution in [3.63, 3.8) is 0 Å². The molecule has 5 nitrogen and oxygen atoms in total. The van der Waals surface area contributed by atoms with Crippen molar-refractivity contribution in [2.75, 3.05) is 0 Å². The van der Waals surface area contributed by atoms with Crippen LogP contribution in [0.3, 0.4) is 0 Å². The lowest BCUT2D eigenvalue weighted by Gasteiger charge is -2.22. The molecule has 1 aromatic heterocycles. The molecule has 0 aliphatic carbocycles. The predicted octanol–water partition coefficient (Wildman–Crippen LogP) is 6.93. The average molecular weight is 543 g/mol. The van der Waals surface area contributed by atoms with E-state index in [0.717, 1.165) is 0 Å². The van der Waals surface area contributed by atoms with Gasteiger partial charge in [-0.3, -0.25) is 9.59 Å². The van der Waals surface area contributed by atoms with Crippen LogP contribution in [0.5, 0.6) is 0 Å². The second-order valence-electron chi connectivity index (χ2n) is 10.8. The SMILES string of the molecule is Cc1c(-c2cc(C(F)(F)F)cc(C(F)(F)F)c2)n(CC(=O)NC(C)(C)C)c2ccc(C(C)(C)C(=O)O)cc12. The minimum Gasteiger partial charge on any atom is -0.481 e. The first-order chi connectivity index (χ1) is 17.1. The van der Waals surface area contributed by atoms with E-state index in [9.17, 15) is 41.0 Å². The standard InChI is InChI=1S/C27H28F6N2O3/c1-14-19-12-16(25(5,6)23(37)38)7-8-20(19)35(13-21(36)34-24(2,3)4)22(14)15-9-17(26(28,29)30)11-18(10-15)27(31,32)33/h7-12H,13H2,1-6H3,(H,34,36)(H,37,38). The van der Waals surface area contributed by atoms with Crippen molar-refractivity contribution < 1.29 is 41.0 Å². The molecule has 11 heteroatoms. The number of aryl methyl sites for hydroxylation is 1. The Bertz CT molecular complexity index is 1380. The monoisotopic (exact) mass is 542 g/mol. The highest BCUT2D eigenvalue weighted by atomic mass is 19.4. The number of alkyl halides is 6. The number of carboxylic acid groups (broad SMARTS) is 1. The third kappa shape index (κ3) is 5.81. The zero-order valence-corrected chi connectivity index (χ0v) is 21.6. The summed E-state index contributed by atoms with van der Waals surface area (Å²) in [5.74, 6) is -1.62. The van der Waals surface area contributed by atoms with Gasteiger partial charge in [-0.15, -0.1) is 0 Å². The molecule has 2 N–H and O–H groups in total. The lowest BCUT2D eigenvalue weighted by atomic mass is 9.84. The topological polar surface area (TPSA) is 71.3 Å².